The van der Waals surface area contributed by atoms with Crippen molar-refractivity contribution in [2.75, 3.05) is 5.32 Å². The third-order valence-electron chi connectivity index (χ3n) is 7.12. The molecule has 0 aliphatic heterocycles. The fourth-order valence-electron chi connectivity index (χ4n) is 5.02. The molecule has 3 N–H and O–H groups in total. The molecule has 1 saturated carbocycles. The summed E-state index contributed by atoms with van der Waals surface area (Å²) in [6.45, 7) is 0.617. The molecule has 0 amide bonds. The zero-order valence-corrected chi connectivity index (χ0v) is 21.1. The molecule has 0 spiro atoms. The van der Waals surface area contributed by atoms with Crippen LogP contribution in [0.2, 0.25) is 5.02 Å². The summed E-state index contributed by atoms with van der Waals surface area (Å²) in [4.78, 5) is 31.8. The number of benzene rings is 2. The lowest BCUT2D eigenvalue weighted by Gasteiger charge is -2.29. The molecule has 4 aromatic rings. The maximum atomic E-state index is 13.8. The molecule has 1 aliphatic carbocycles. The Morgan fingerprint density at radius 3 is 2.50 bits per heavy atom. The van der Waals surface area contributed by atoms with Crippen molar-refractivity contribution in [1.29, 1.82) is 0 Å². The number of nitrogens with zero attached hydrogens (tertiary/aromatic N) is 4. The monoisotopic (exact) mass is 506 g/mol. The number of hydrogen-bond acceptors (Lipinski definition) is 5. The van der Waals surface area contributed by atoms with Crippen LogP contribution in [0.15, 0.2) is 64.2 Å². The summed E-state index contributed by atoms with van der Waals surface area (Å²) < 4.78 is 4.60. The molecule has 2 aromatic carbocycles. The molecule has 36 heavy (non-hydrogen) atoms. The van der Waals surface area contributed by atoms with E-state index in [1.54, 1.807) is 7.05 Å². The molecule has 2 aromatic heterocycles. The van der Waals surface area contributed by atoms with Gasteiger partial charge in [-0.2, -0.15) is 4.98 Å². The average molecular weight is 507 g/mol. The number of aromatic nitrogens is 4. The van der Waals surface area contributed by atoms with Crippen molar-refractivity contribution in [2.45, 2.75) is 57.3 Å². The van der Waals surface area contributed by atoms with Crippen molar-refractivity contribution in [1.82, 2.24) is 18.7 Å². The summed E-state index contributed by atoms with van der Waals surface area (Å²) in [5.74, 6) is 0.528. The quantitative estimate of drug-likeness (QED) is 0.399. The van der Waals surface area contributed by atoms with Gasteiger partial charge in [-0.1, -0.05) is 73.0 Å². The van der Waals surface area contributed by atoms with Crippen molar-refractivity contribution in [2.24, 2.45) is 12.8 Å². The van der Waals surface area contributed by atoms with Gasteiger partial charge in [0.1, 0.15) is 0 Å². The second kappa shape index (κ2) is 10.3. The molecule has 8 nitrogen and oxygen atoms in total. The smallest absolute Gasteiger partial charge is 0.332 e. The van der Waals surface area contributed by atoms with Gasteiger partial charge in [0.15, 0.2) is 11.2 Å². The summed E-state index contributed by atoms with van der Waals surface area (Å²) in [5.41, 5.74) is 8.31. The first-order chi connectivity index (χ1) is 17.4. The lowest BCUT2D eigenvalue weighted by atomic mass is 9.91. The number of nitrogens with two attached hydrogens (primary N) is 1. The Hall–Kier alpha value is -3.36. The molecule has 0 bridgehead atoms. The zero-order chi connectivity index (χ0) is 25.2. The normalized spacial score (nSPS) is 18.0. The van der Waals surface area contributed by atoms with Crippen LogP contribution < -0.4 is 22.3 Å². The van der Waals surface area contributed by atoms with Gasteiger partial charge in [-0.25, -0.2) is 4.79 Å². The van der Waals surface area contributed by atoms with Gasteiger partial charge in [0.25, 0.3) is 5.56 Å². The number of hydrogen-bond donors (Lipinski definition) is 2. The molecule has 2 atom stereocenters. The van der Waals surface area contributed by atoms with Gasteiger partial charge in [-0.3, -0.25) is 18.5 Å². The average Bonchev–Trinajstić information content (AvgIpc) is 3.24. The Balaban J connectivity index is 1.63. The van der Waals surface area contributed by atoms with Crippen LogP contribution in [-0.2, 0) is 26.6 Å². The Morgan fingerprint density at radius 2 is 1.75 bits per heavy atom. The highest BCUT2D eigenvalue weighted by Crippen LogP contribution is 2.25. The van der Waals surface area contributed by atoms with E-state index in [0.29, 0.717) is 35.1 Å². The molecule has 188 valence electrons. The highest BCUT2D eigenvalue weighted by molar-refractivity contribution is 6.31. The van der Waals surface area contributed by atoms with E-state index < -0.39 is 0 Å². The van der Waals surface area contributed by atoms with Gasteiger partial charge in [-0.15, -0.1) is 0 Å². The summed E-state index contributed by atoms with van der Waals surface area (Å²) in [5, 5.41) is 4.11. The van der Waals surface area contributed by atoms with Crippen LogP contribution in [0.4, 0.5) is 5.95 Å². The standard InChI is InChI=1S/C27H31ClN6O2/c1-32-24-23(25(35)33(27(32)36)16-15-18-9-3-2-4-10-18)34(17-19-11-5-6-12-20(19)28)26(31-24)30-22-14-8-7-13-21(22)29/h2-6,9-12,21-22H,7-8,13-17,29H2,1H3,(H,30,31)/t21-,22+/m0/s1. The topological polar surface area (TPSA) is 99.9 Å². The highest BCUT2D eigenvalue weighted by atomic mass is 35.5. The van der Waals surface area contributed by atoms with E-state index in [2.05, 4.69) is 5.32 Å². The van der Waals surface area contributed by atoms with Gasteiger partial charge in [0.2, 0.25) is 5.95 Å². The van der Waals surface area contributed by atoms with E-state index in [0.717, 1.165) is 36.8 Å². The number of aryl methyl sites for hydroxylation is 2. The molecule has 5 rings (SSSR count). The number of halogens is 1. The maximum Gasteiger partial charge on any atom is 0.332 e. The Kier molecular flexibility index (Phi) is 6.98. The SMILES string of the molecule is Cn1c(=O)n(CCc2ccccc2)c(=O)c2c1nc(N[C@@H]1CCCC[C@@H]1N)n2Cc1ccccc1Cl. The lowest BCUT2D eigenvalue weighted by Crippen LogP contribution is -2.43. The second-order valence-corrected chi connectivity index (χ2v) is 9.93. The number of fused-ring (bicyclic) bond motifs is 1. The molecular formula is C27H31ClN6O2. The first-order valence-corrected chi connectivity index (χ1v) is 12.8. The third-order valence-corrected chi connectivity index (χ3v) is 7.49. The molecule has 9 heteroatoms. The number of anilines is 1. The van der Waals surface area contributed by atoms with E-state index in [1.807, 2.05) is 59.2 Å². The number of nitrogens with one attached hydrogen (secondary N) is 1. The van der Waals surface area contributed by atoms with Gasteiger partial charge in [0, 0.05) is 30.7 Å². The van der Waals surface area contributed by atoms with E-state index in [-0.39, 0.29) is 29.9 Å². The highest BCUT2D eigenvalue weighted by Gasteiger charge is 2.26. The largest absolute Gasteiger partial charge is 0.351 e. The first-order valence-electron chi connectivity index (χ1n) is 12.4. The Labute approximate surface area is 214 Å². The van der Waals surface area contributed by atoms with Crippen LogP contribution in [0.1, 0.15) is 36.8 Å². The van der Waals surface area contributed by atoms with E-state index in [1.165, 1.54) is 9.13 Å². The Morgan fingerprint density at radius 1 is 1.03 bits per heavy atom. The molecule has 0 radical (unpaired) electrons. The van der Waals surface area contributed by atoms with Crippen LogP contribution >= 0.6 is 11.6 Å². The summed E-state index contributed by atoms with van der Waals surface area (Å²) in [7, 11) is 1.66. The predicted octanol–water partition coefficient (Wildman–Crippen LogP) is 3.52. The van der Waals surface area contributed by atoms with Crippen LogP contribution in [0.3, 0.4) is 0 Å². The summed E-state index contributed by atoms with van der Waals surface area (Å²) in [6.07, 6.45) is 4.63. The van der Waals surface area contributed by atoms with E-state index >= 15 is 0 Å². The first kappa shape index (κ1) is 24.3. The molecule has 1 aliphatic rings. The van der Waals surface area contributed by atoms with Crippen molar-refractivity contribution in [3.8, 4) is 0 Å². The molecule has 0 saturated heterocycles. The molecular weight excluding hydrogens is 476 g/mol. The van der Waals surface area contributed by atoms with E-state index in [9.17, 15) is 9.59 Å². The van der Waals surface area contributed by atoms with Gasteiger partial charge in [-0.05, 0) is 36.5 Å². The lowest BCUT2D eigenvalue weighted by molar-refractivity contribution is 0.401. The van der Waals surface area contributed by atoms with Crippen LogP contribution in [0.5, 0.6) is 0 Å². The van der Waals surface area contributed by atoms with Gasteiger partial charge < -0.3 is 11.1 Å². The van der Waals surface area contributed by atoms with Crippen molar-refractivity contribution in [3.63, 3.8) is 0 Å². The van der Waals surface area contributed by atoms with Crippen molar-refractivity contribution in [3.05, 3.63) is 91.6 Å². The minimum absolute atomic E-state index is 0.00123. The molecule has 1 fully saturated rings. The van der Waals surface area contributed by atoms with Crippen molar-refractivity contribution >= 4 is 28.7 Å². The maximum absolute atomic E-state index is 13.8. The fraction of sp³-hybridized carbons (Fsp3) is 0.370. The van der Waals surface area contributed by atoms with Crippen molar-refractivity contribution < 1.29 is 0 Å². The fourth-order valence-corrected chi connectivity index (χ4v) is 5.22. The summed E-state index contributed by atoms with van der Waals surface area (Å²) in [6, 6.07) is 17.4. The van der Waals surface area contributed by atoms with E-state index in [4.69, 9.17) is 22.3 Å². The zero-order valence-electron chi connectivity index (χ0n) is 20.4. The number of rotatable bonds is 7. The predicted molar refractivity (Wildman–Crippen MR) is 144 cm³/mol. The minimum atomic E-state index is -0.383. The van der Waals surface area contributed by atoms with Gasteiger partial charge >= 0.3 is 5.69 Å². The van der Waals surface area contributed by atoms with Crippen LogP contribution in [-0.4, -0.2) is 30.8 Å². The molecule has 2 heterocycles. The third kappa shape index (κ3) is 4.70. The van der Waals surface area contributed by atoms with Crippen LogP contribution in [0, 0.1) is 0 Å². The molecule has 0 unspecified atom stereocenters. The summed E-state index contributed by atoms with van der Waals surface area (Å²) >= 11 is 6.49. The van der Waals surface area contributed by atoms with Crippen LogP contribution in [0.25, 0.3) is 11.2 Å². The Bertz CT molecular complexity index is 1490. The minimum Gasteiger partial charge on any atom is -0.351 e. The van der Waals surface area contributed by atoms with Gasteiger partial charge in [0.05, 0.1) is 6.54 Å². The number of imidazole rings is 1. The second-order valence-electron chi connectivity index (χ2n) is 9.52.